The van der Waals surface area contributed by atoms with Gasteiger partial charge in [0.1, 0.15) is 17.2 Å². The van der Waals surface area contributed by atoms with Crippen LogP contribution in [0.4, 0.5) is 0 Å². The first-order valence-corrected chi connectivity index (χ1v) is 11.0. The first-order valence-electron chi connectivity index (χ1n) is 10.1. The number of hydrogen-bond donors (Lipinski definition) is 0. The van der Waals surface area contributed by atoms with Crippen LogP contribution in [0.3, 0.4) is 0 Å². The normalized spacial score (nSPS) is 20.4. The SMILES string of the molecule is Cc1sc2nc(C3CC3)n3c(=O)n(CC(=O)N4CCCC[C@@H]4C)nc3c2c1C. The molecule has 1 atom stereocenters. The van der Waals surface area contributed by atoms with Gasteiger partial charge in [0, 0.05) is 23.4 Å². The zero-order chi connectivity index (χ0) is 19.6. The highest BCUT2D eigenvalue weighted by atomic mass is 32.1. The van der Waals surface area contributed by atoms with E-state index in [9.17, 15) is 9.59 Å². The van der Waals surface area contributed by atoms with Gasteiger partial charge in [-0.2, -0.15) is 0 Å². The molecule has 0 bridgehead atoms. The number of thiophene rings is 1. The highest BCUT2D eigenvalue weighted by molar-refractivity contribution is 7.18. The maximum absolute atomic E-state index is 13.2. The lowest BCUT2D eigenvalue weighted by Crippen LogP contribution is -2.44. The van der Waals surface area contributed by atoms with E-state index in [1.807, 2.05) is 4.90 Å². The van der Waals surface area contributed by atoms with E-state index < -0.39 is 0 Å². The second-order valence-corrected chi connectivity index (χ2v) is 9.44. The summed E-state index contributed by atoms with van der Waals surface area (Å²) in [5.41, 5.74) is 1.53. The molecule has 0 unspecified atom stereocenters. The van der Waals surface area contributed by atoms with Crippen molar-refractivity contribution < 1.29 is 4.79 Å². The predicted molar refractivity (Wildman–Crippen MR) is 109 cm³/mol. The number of carbonyl (C=O) groups excluding carboxylic acids is 1. The molecule has 3 aromatic heterocycles. The summed E-state index contributed by atoms with van der Waals surface area (Å²) >= 11 is 1.65. The average molecular weight is 400 g/mol. The molecule has 2 aliphatic rings. The highest BCUT2D eigenvalue weighted by Gasteiger charge is 2.32. The Morgan fingerprint density at radius 2 is 2.00 bits per heavy atom. The van der Waals surface area contributed by atoms with Crippen molar-refractivity contribution in [1.29, 1.82) is 0 Å². The van der Waals surface area contributed by atoms with Gasteiger partial charge in [-0.1, -0.05) is 0 Å². The number of rotatable bonds is 3. The summed E-state index contributed by atoms with van der Waals surface area (Å²) in [6.07, 6.45) is 5.32. The summed E-state index contributed by atoms with van der Waals surface area (Å²) in [5.74, 6) is 1.11. The van der Waals surface area contributed by atoms with Crippen LogP contribution in [-0.4, -0.2) is 42.6 Å². The van der Waals surface area contributed by atoms with Gasteiger partial charge in [0.15, 0.2) is 5.65 Å². The molecular formula is C20H25N5O2S. The van der Waals surface area contributed by atoms with Crippen LogP contribution in [0.5, 0.6) is 0 Å². The number of aryl methyl sites for hydroxylation is 2. The number of likely N-dealkylation sites (tertiary alicyclic amines) is 1. The Bertz CT molecular complexity index is 1150. The molecule has 8 heteroatoms. The number of carbonyl (C=O) groups is 1. The van der Waals surface area contributed by atoms with Crippen molar-refractivity contribution in [2.45, 2.75) is 71.4 Å². The first-order chi connectivity index (χ1) is 13.5. The molecule has 148 valence electrons. The van der Waals surface area contributed by atoms with E-state index in [1.54, 1.807) is 15.7 Å². The van der Waals surface area contributed by atoms with E-state index >= 15 is 0 Å². The van der Waals surface area contributed by atoms with Gasteiger partial charge in [0.25, 0.3) is 0 Å². The summed E-state index contributed by atoms with van der Waals surface area (Å²) in [7, 11) is 0. The second kappa shape index (κ2) is 6.40. The molecule has 28 heavy (non-hydrogen) atoms. The first kappa shape index (κ1) is 17.8. The van der Waals surface area contributed by atoms with Gasteiger partial charge in [-0.05, 0) is 58.4 Å². The molecule has 0 radical (unpaired) electrons. The minimum atomic E-state index is -0.243. The Hall–Kier alpha value is -2.22. The van der Waals surface area contributed by atoms with Gasteiger partial charge in [-0.25, -0.2) is 18.9 Å². The third-order valence-electron chi connectivity index (χ3n) is 6.23. The topological polar surface area (TPSA) is 72.5 Å². The number of hydrogen-bond acceptors (Lipinski definition) is 5. The molecular weight excluding hydrogens is 374 g/mol. The molecule has 7 nitrogen and oxygen atoms in total. The quantitative estimate of drug-likeness (QED) is 0.679. The van der Waals surface area contributed by atoms with Crippen molar-refractivity contribution in [3.8, 4) is 0 Å². The van der Waals surface area contributed by atoms with Crippen LogP contribution in [0.2, 0.25) is 0 Å². The number of piperidine rings is 1. The average Bonchev–Trinajstić information content (AvgIpc) is 3.41. The Kier molecular flexibility index (Phi) is 4.08. The van der Waals surface area contributed by atoms with Crippen LogP contribution in [0, 0.1) is 13.8 Å². The Morgan fingerprint density at radius 3 is 2.71 bits per heavy atom. The molecule has 0 N–H and O–H groups in total. The molecule has 3 aromatic rings. The zero-order valence-corrected chi connectivity index (χ0v) is 17.4. The van der Waals surface area contributed by atoms with Crippen molar-refractivity contribution in [2.75, 3.05) is 6.54 Å². The largest absolute Gasteiger partial charge is 0.352 e. The molecule has 0 aromatic carbocycles. The van der Waals surface area contributed by atoms with Gasteiger partial charge in [-0.15, -0.1) is 16.4 Å². The number of nitrogens with zero attached hydrogens (tertiary/aromatic N) is 5. The standard InChI is InChI=1S/C20H25N5O2S/c1-11-6-4-5-9-23(11)15(26)10-24-20(27)25-17(14-7-8-14)21-19-16(18(25)22-24)12(2)13(3)28-19/h11,14H,4-10H2,1-3H3/t11-/m0/s1. The monoisotopic (exact) mass is 399 g/mol. The summed E-state index contributed by atoms with van der Waals surface area (Å²) in [6, 6.07) is 0.228. The van der Waals surface area contributed by atoms with Crippen molar-refractivity contribution in [3.63, 3.8) is 0 Å². The highest BCUT2D eigenvalue weighted by Crippen LogP contribution is 2.41. The summed E-state index contributed by atoms with van der Waals surface area (Å²) < 4.78 is 3.00. The van der Waals surface area contributed by atoms with E-state index in [4.69, 9.17) is 4.98 Å². The van der Waals surface area contributed by atoms with Crippen molar-refractivity contribution in [2.24, 2.45) is 0 Å². The van der Waals surface area contributed by atoms with Crippen LogP contribution >= 0.6 is 11.3 Å². The fourth-order valence-electron chi connectivity index (χ4n) is 4.29. The molecule has 0 spiro atoms. The van der Waals surface area contributed by atoms with Crippen molar-refractivity contribution >= 4 is 33.1 Å². The Balaban J connectivity index is 1.63. The maximum atomic E-state index is 13.2. The summed E-state index contributed by atoms with van der Waals surface area (Å²) in [6.45, 7) is 6.98. The third-order valence-corrected chi connectivity index (χ3v) is 7.33. The van der Waals surface area contributed by atoms with E-state index in [0.717, 1.165) is 60.3 Å². The van der Waals surface area contributed by atoms with E-state index in [0.29, 0.717) is 11.6 Å². The molecule has 1 aliphatic carbocycles. The van der Waals surface area contributed by atoms with Crippen LogP contribution in [0.1, 0.15) is 61.2 Å². The Morgan fingerprint density at radius 1 is 1.21 bits per heavy atom. The molecule has 1 saturated carbocycles. The lowest BCUT2D eigenvalue weighted by Gasteiger charge is -2.33. The smallest absolute Gasteiger partial charge is 0.338 e. The summed E-state index contributed by atoms with van der Waals surface area (Å²) in [5, 5.41) is 5.58. The van der Waals surface area contributed by atoms with Gasteiger partial charge >= 0.3 is 5.69 Å². The van der Waals surface area contributed by atoms with Gasteiger partial charge in [0.05, 0.1) is 5.39 Å². The lowest BCUT2D eigenvalue weighted by atomic mass is 10.0. The number of fused-ring (bicyclic) bond motifs is 3. The zero-order valence-electron chi connectivity index (χ0n) is 16.6. The number of amides is 1. The van der Waals surface area contributed by atoms with E-state index in [1.165, 1.54) is 9.56 Å². The summed E-state index contributed by atoms with van der Waals surface area (Å²) in [4.78, 5) is 34.9. The maximum Gasteiger partial charge on any atom is 0.352 e. The Labute approximate surface area is 167 Å². The van der Waals surface area contributed by atoms with Crippen molar-refractivity contribution in [3.05, 3.63) is 26.7 Å². The van der Waals surface area contributed by atoms with Gasteiger partial charge in [-0.3, -0.25) is 4.79 Å². The van der Waals surface area contributed by atoms with E-state index in [2.05, 4.69) is 25.9 Å². The second-order valence-electron chi connectivity index (χ2n) is 8.24. The molecule has 1 saturated heterocycles. The van der Waals surface area contributed by atoms with Crippen LogP contribution in [0.25, 0.3) is 15.9 Å². The van der Waals surface area contributed by atoms with Gasteiger partial charge in [0.2, 0.25) is 5.91 Å². The fourth-order valence-corrected chi connectivity index (χ4v) is 5.32. The van der Waals surface area contributed by atoms with Gasteiger partial charge < -0.3 is 4.90 Å². The minimum Gasteiger partial charge on any atom is -0.338 e. The van der Waals surface area contributed by atoms with Crippen LogP contribution < -0.4 is 5.69 Å². The molecule has 2 fully saturated rings. The minimum absolute atomic E-state index is 0.00137. The predicted octanol–water partition coefficient (Wildman–Crippen LogP) is 3.00. The number of aromatic nitrogens is 4. The molecule has 4 heterocycles. The van der Waals surface area contributed by atoms with Crippen molar-refractivity contribution in [1.82, 2.24) is 24.1 Å². The fraction of sp³-hybridized carbons (Fsp3) is 0.600. The third kappa shape index (κ3) is 2.69. The van der Waals surface area contributed by atoms with Crippen LogP contribution in [0.15, 0.2) is 4.79 Å². The lowest BCUT2D eigenvalue weighted by molar-refractivity contribution is -0.135. The van der Waals surface area contributed by atoms with E-state index in [-0.39, 0.29) is 24.2 Å². The molecule has 1 aliphatic heterocycles. The molecule has 1 amide bonds. The molecule has 5 rings (SSSR count). The van der Waals surface area contributed by atoms with Crippen LogP contribution in [-0.2, 0) is 11.3 Å².